The van der Waals surface area contributed by atoms with Crippen LogP contribution in [0.4, 0.5) is 0 Å². The van der Waals surface area contributed by atoms with Gasteiger partial charge in [-0.3, -0.25) is 4.79 Å². The van der Waals surface area contributed by atoms with Gasteiger partial charge in [-0.2, -0.15) is 0 Å². The number of hydrogen-bond donors (Lipinski definition) is 1. The van der Waals surface area contributed by atoms with Gasteiger partial charge in [0.1, 0.15) is 12.4 Å². The molecule has 0 radical (unpaired) electrons. The summed E-state index contributed by atoms with van der Waals surface area (Å²) >= 11 is 0. The minimum atomic E-state index is -0.863. The van der Waals surface area contributed by atoms with Crippen LogP contribution in [0.3, 0.4) is 0 Å². The van der Waals surface area contributed by atoms with Gasteiger partial charge in [0.2, 0.25) is 0 Å². The van der Waals surface area contributed by atoms with E-state index >= 15 is 0 Å². The lowest BCUT2D eigenvalue weighted by Crippen LogP contribution is -2.10. The molecule has 0 aliphatic carbocycles. The SMILES string of the molecule is C=CCc1nccn1CC(=O)O. The highest BCUT2D eigenvalue weighted by atomic mass is 16.4. The first kappa shape index (κ1) is 8.52. The number of aliphatic carboxylic acids is 1. The highest BCUT2D eigenvalue weighted by Gasteiger charge is 2.03. The molecule has 0 atom stereocenters. The molecule has 0 spiro atoms. The third-order valence-corrected chi connectivity index (χ3v) is 1.43. The number of hydrogen-bond acceptors (Lipinski definition) is 2. The van der Waals surface area contributed by atoms with Crippen LogP contribution in [0.25, 0.3) is 0 Å². The first-order valence-electron chi connectivity index (χ1n) is 3.56. The predicted octanol–water partition coefficient (Wildman–Crippen LogP) is 0.696. The third kappa shape index (κ3) is 1.95. The van der Waals surface area contributed by atoms with Crippen molar-refractivity contribution < 1.29 is 9.90 Å². The molecule has 1 rings (SSSR count). The van der Waals surface area contributed by atoms with E-state index in [4.69, 9.17) is 5.11 Å². The molecule has 0 aliphatic heterocycles. The van der Waals surface area contributed by atoms with Crippen LogP contribution in [0.1, 0.15) is 5.82 Å². The third-order valence-electron chi connectivity index (χ3n) is 1.43. The zero-order valence-corrected chi connectivity index (χ0v) is 6.60. The minimum absolute atomic E-state index is 0.0385. The fourth-order valence-electron chi connectivity index (χ4n) is 0.949. The molecule has 0 fully saturated rings. The van der Waals surface area contributed by atoms with E-state index in [-0.39, 0.29) is 6.54 Å². The van der Waals surface area contributed by atoms with Crippen LogP contribution >= 0.6 is 0 Å². The van der Waals surface area contributed by atoms with E-state index in [1.54, 1.807) is 23.0 Å². The first-order valence-corrected chi connectivity index (χ1v) is 3.56. The topological polar surface area (TPSA) is 55.1 Å². The van der Waals surface area contributed by atoms with E-state index in [0.29, 0.717) is 6.42 Å². The Morgan fingerprint density at radius 3 is 3.17 bits per heavy atom. The van der Waals surface area contributed by atoms with Gasteiger partial charge in [-0.25, -0.2) is 4.98 Å². The molecular weight excluding hydrogens is 156 g/mol. The van der Waals surface area contributed by atoms with Crippen molar-refractivity contribution in [2.45, 2.75) is 13.0 Å². The molecule has 0 saturated carbocycles. The summed E-state index contributed by atoms with van der Waals surface area (Å²) in [6.45, 7) is 3.52. The van der Waals surface area contributed by atoms with Crippen LogP contribution in [0.15, 0.2) is 25.0 Å². The number of carboxylic acid groups (broad SMARTS) is 1. The second kappa shape index (κ2) is 3.71. The van der Waals surface area contributed by atoms with Gasteiger partial charge in [0.05, 0.1) is 0 Å². The molecule has 1 aromatic heterocycles. The summed E-state index contributed by atoms with van der Waals surface area (Å²) in [7, 11) is 0. The van der Waals surface area contributed by atoms with Gasteiger partial charge in [-0.15, -0.1) is 6.58 Å². The van der Waals surface area contributed by atoms with E-state index in [1.165, 1.54) is 0 Å². The molecule has 0 saturated heterocycles. The lowest BCUT2D eigenvalue weighted by molar-refractivity contribution is -0.137. The van der Waals surface area contributed by atoms with Crippen molar-refractivity contribution in [1.82, 2.24) is 9.55 Å². The Bertz CT molecular complexity index is 291. The molecule has 0 bridgehead atoms. The number of imidazole rings is 1. The summed E-state index contributed by atoms with van der Waals surface area (Å²) in [6, 6.07) is 0. The Balaban J connectivity index is 2.76. The van der Waals surface area contributed by atoms with Crippen LogP contribution in [0.5, 0.6) is 0 Å². The minimum Gasteiger partial charge on any atom is -0.480 e. The van der Waals surface area contributed by atoms with Crippen LogP contribution in [0.2, 0.25) is 0 Å². The van der Waals surface area contributed by atoms with Crippen LogP contribution in [-0.4, -0.2) is 20.6 Å². The number of aromatic nitrogens is 2. The highest BCUT2D eigenvalue weighted by Crippen LogP contribution is 1.98. The van der Waals surface area contributed by atoms with Gasteiger partial charge in [0.25, 0.3) is 0 Å². The zero-order chi connectivity index (χ0) is 8.97. The van der Waals surface area contributed by atoms with E-state index in [9.17, 15) is 4.79 Å². The Hall–Kier alpha value is -1.58. The van der Waals surface area contributed by atoms with Crippen LogP contribution in [-0.2, 0) is 17.8 Å². The van der Waals surface area contributed by atoms with E-state index in [2.05, 4.69) is 11.6 Å². The van der Waals surface area contributed by atoms with E-state index < -0.39 is 5.97 Å². The number of carbonyl (C=O) groups is 1. The van der Waals surface area contributed by atoms with Gasteiger partial charge in [-0.1, -0.05) is 6.08 Å². The smallest absolute Gasteiger partial charge is 0.323 e. The molecule has 4 heteroatoms. The van der Waals surface area contributed by atoms with Crippen LogP contribution < -0.4 is 0 Å². The van der Waals surface area contributed by atoms with Crippen molar-refractivity contribution in [2.24, 2.45) is 0 Å². The van der Waals surface area contributed by atoms with Crippen molar-refractivity contribution in [3.8, 4) is 0 Å². The largest absolute Gasteiger partial charge is 0.480 e. The summed E-state index contributed by atoms with van der Waals surface area (Å²) in [4.78, 5) is 14.3. The fourth-order valence-corrected chi connectivity index (χ4v) is 0.949. The van der Waals surface area contributed by atoms with Crippen molar-refractivity contribution in [3.63, 3.8) is 0 Å². The van der Waals surface area contributed by atoms with Crippen molar-refractivity contribution in [3.05, 3.63) is 30.9 Å². The molecular formula is C8H10N2O2. The summed E-state index contributed by atoms with van der Waals surface area (Å²) in [5.41, 5.74) is 0. The predicted molar refractivity (Wildman–Crippen MR) is 43.8 cm³/mol. The Morgan fingerprint density at radius 2 is 2.58 bits per heavy atom. The summed E-state index contributed by atoms with van der Waals surface area (Å²) < 4.78 is 1.59. The summed E-state index contributed by atoms with van der Waals surface area (Å²) in [6.07, 6.45) is 5.52. The van der Waals surface area contributed by atoms with Crippen molar-refractivity contribution >= 4 is 5.97 Å². The first-order chi connectivity index (χ1) is 5.74. The molecule has 0 unspecified atom stereocenters. The van der Waals surface area contributed by atoms with Crippen molar-refractivity contribution in [1.29, 1.82) is 0 Å². The van der Waals surface area contributed by atoms with Gasteiger partial charge >= 0.3 is 5.97 Å². The van der Waals surface area contributed by atoms with Gasteiger partial charge < -0.3 is 9.67 Å². The molecule has 0 amide bonds. The quantitative estimate of drug-likeness (QED) is 0.670. The Kier molecular flexibility index (Phi) is 2.63. The lowest BCUT2D eigenvalue weighted by Gasteiger charge is -2.00. The summed E-state index contributed by atoms with van der Waals surface area (Å²) in [5, 5.41) is 8.50. The Morgan fingerprint density at radius 1 is 1.83 bits per heavy atom. The van der Waals surface area contributed by atoms with E-state index in [1.807, 2.05) is 0 Å². The van der Waals surface area contributed by atoms with Crippen molar-refractivity contribution in [2.75, 3.05) is 0 Å². The molecule has 1 heterocycles. The standard InChI is InChI=1S/C8H10N2O2/c1-2-3-7-9-4-5-10(7)6-8(11)12/h2,4-5H,1,3,6H2,(H,11,12). The second-order valence-electron chi connectivity index (χ2n) is 2.36. The van der Waals surface area contributed by atoms with Gasteiger partial charge in [-0.05, 0) is 0 Å². The van der Waals surface area contributed by atoms with Gasteiger partial charge in [0.15, 0.2) is 0 Å². The number of rotatable bonds is 4. The lowest BCUT2D eigenvalue weighted by atomic mass is 10.4. The maximum absolute atomic E-state index is 10.3. The molecule has 0 aromatic carbocycles. The number of nitrogens with zero attached hydrogens (tertiary/aromatic N) is 2. The molecule has 1 N–H and O–H groups in total. The maximum Gasteiger partial charge on any atom is 0.323 e. The number of carboxylic acids is 1. The number of allylic oxidation sites excluding steroid dienone is 1. The maximum atomic E-state index is 10.3. The molecule has 4 nitrogen and oxygen atoms in total. The molecule has 64 valence electrons. The summed E-state index contributed by atoms with van der Waals surface area (Å²) in [5.74, 6) is -0.134. The second-order valence-corrected chi connectivity index (χ2v) is 2.36. The molecule has 1 aromatic rings. The fraction of sp³-hybridized carbons (Fsp3) is 0.250. The zero-order valence-electron chi connectivity index (χ0n) is 6.60. The average Bonchev–Trinajstić information content (AvgIpc) is 2.37. The molecule has 0 aliphatic rings. The normalized spacial score (nSPS) is 9.67. The van der Waals surface area contributed by atoms with E-state index in [0.717, 1.165) is 5.82 Å². The van der Waals surface area contributed by atoms with Crippen LogP contribution in [0, 0.1) is 0 Å². The highest BCUT2D eigenvalue weighted by molar-refractivity contribution is 5.66. The Labute approximate surface area is 70.2 Å². The van der Waals surface area contributed by atoms with Gasteiger partial charge in [0, 0.05) is 18.8 Å². The average molecular weight is 166 g/mol. The monoisotopic (exact) mass is 166 g/mol. The molecule has 12 heavy (non-hydrogen) atoms.